The quantitative estimate of drug-likeness (QED) is 0.671. The van der Waals surface area contributed by atoms with Gasteiger partial charge >= 0.3 is 17.9 Å². The molecule has 0 aliphatic heterocycles. The zero-order valence-electron chi connectivity index (χ0n) is 14.9. The van der Waals surface area contributed by atoms with E-state index < -0.39 is 17.9 Å². The topological polar surface area (TPSA) is 146 Å². The van der Waals surface area contributed by atoms with Gasteiger partial charge in [-0.3, -0.25) is 9.59 Å². The molecular formula is C21H16O8. The van der Waals surface area contributed by atoms with Crippen molar-refractivity contribution < 1.29 is 39.3 Å². The van der Waals surface area contributed by atoms with Crippen LogP contribution < -0.4 is 0 Å². The van der Waals surface area contributed by atoms with Crippen LogP contribution >= 0.6 is 0 Å². The number of benzene rings is 2. The van der Waals surface area contributed by atoms with E-state index in [0.717, 1.165) is 6.07 Å². The van der Waals surface area contributed by atoms with Crippen LogP contribution in [0.2, 0.25) is 0 Å². The van der Waals surface area contributed by atoms with Crippen molar-refractivity contribution in [1.82, 2.24) is 0 Å². The van der Waals surface area contributed by atoms with Gasteiger partial charge in [0.25, 0.3) is 0 Å². The van der Waals surface area contributed by atoms with Crippen LogP contribution in [0.5, 0.6) is 0 Å². The van der Waals surface area contributed by atoms with Crippen molar-refractivity contribution in [3.05, 3.63) is 95.6 Å². The molecule has 0 amide bonds. The second-order valence-corrected chi connectivity index (χ2v) is 5.33. The van der Waals surface area contributed by atoms with Gasteiger partial charge in [0.2, 0.25) is 0 Å². The first kappa shape index (κ1) is 22.7. The number of rotatable bonds is 3. The maximum Gasteiger partial charge on any atom is 0.335 e. The Bertz CT molecular complexity index is 904. The molecule has 148 valence electrons. The number of carboxylic acid groups (broad SMARTS) is 3. The third-order valence-corrected chi connectivity index (χ3v) is 3.20. The summed E-state index contributed by atoms with van der Waals surface area (Å²) < 4.78 is 0. The van der Waals surface area contributed by atoms with Gasteiger partial charge < -0.3 is 15.3 Å². The summed E-state index contributed by atoms with van der Waals surface area (Å²) in [6.07, 6.45) is 5.01. The molecule has 29 heavy (non-hydrogen) atoms. The number of carbonyl (C=O) groups excluding carboxylic acids is 2. The smallest absolute Gasteiger partial charge is 0.335 e. The van der Waals surface area contributed by atoms with Crippen molar-refractivity contribution in [3.8, 4) is 0 Å². The molecule has 0 bridgehead atoms. The zero-order valence-corrected chi connectivity index (χ0v) is 14.9. The molecule has 3 N–H and O–H groups in total. The minimum atomic E-state index is -1.13. The molecule has 8 heteroatoms. The van der Waals surface area contributed by atoms with E-state index in [1.807, 2.05) is 0 Å². The van der Waals surface area contributed by atoms with Crippen molar-refractivity contribution in [1.29, 1.82) is 0 Å². The van der Waals surface area contributed by atoms with Crippen LogP contribution in [0, 0.1) is 0 Å². The van der Waals surface area contributed by atoms with Gasteiger partial charge in [-0.25, -0.2) is 14.4 Å². The number of hydrogen-bond donors (Lipinski definition) is 3. The van der Waals surface area contributed by atoms with Crippen LogP contribution in [-0.4, -0.2) is 44.8 Å². The largest absolute Gasteiger partial charge is 0.478 e. The molecule has 8 nitrogen and oxygen atoms in total. The maximum atomic E-state index is 10.4. The van der Waals surface area contributed by atoms with Crippen molar-refractivity contribution in [3.63, 3.8) is 0 Å². The lowest BCUT2D eigenvalue weighted by Gasteiger charge is -1.95. The van der Waals surface area contributed by atoms with Crippen molar-refractivity contribution in [2.45, 2.75) is 0 Å². The monoisotopic (exact) mass is 396 g/mol. The summed E-state index contributed by atoms with van der Waals surface area (Å²) in [7, 11) is 0. The lowest BCUT2D eigenvalue weighted by molar-refractivity contribution is -0.113. The fourth-order valence-corrected chi connectivity index (χ4v) is 1.81. The lowest BCUT2D eigenvalue weighted by atomic mass is 10.1. The summed E-state index contributed by atoms with van der Waals surface area (Å²) >= 11 is 0. The van der Waals surface area contributed by atoms with Crippen LogP contribution in [0.25, 0.3) is 0 Å². The van der Waals surface area contributed by atoms with Gasteiger partial charge in [-0.05, 0) is 54.6 Å². The molecule has 1 aliphatic carbocycles. The third kappa shape index (κ3) is 8.74. The van der Waals surface area contributed by atoms with E-state index >= 15 is 0 Å². The van der Waals surface area contributed by atoms with Gasteiger partial charge in [-0.2, -0.15) is 0 Å². The molecule has 0 saturated carbocycles. The summed E-state index contributed by atoms with van der Waals surface area (Å²) in [5.74, 6) is -3.37. The van der Waals surface area contributed by atoms with Gasteiger partial charge in [0, 0.05) is 0 Å². The van der Waals surface area contributed by atoms with Crippen LogP contribution in [0.1, 0.15) is 31.1 Å². The van der Waals surface area contributed by atoms with Crippen molar-refractivity contribution in [2.75, 3.05) is 0 Å². The number of carbonyl (C=O) groups is 5. The van der Waals surface area contributed by atoms with E-state index in [1.165, 1.54) is 42.5 Å². The molecule has 0 saturated heterocycles. The standard InChI is InChI=1S/C8H6O4.C7H6O2.C6H4O2/c9-7(10)5-2-1-3-6(4-5)8(11)12;8-7(9)6-4-2-1-3-5-6;7-5-1-2-6(8)4-3-5/h1-4H,(H,9,10)(H,11,12);1-5H,(H,8,9);1-4H. The minimum Gasteiger partial charge on any atom is -0.478 e. The maximum absolute atomic E-state index is 10.4. The second kappa shape index (κ2) is 11.4. The van der Waals surface area contributed by atoms with E-state index in [0.29, 0.717) is 5.56 Å². The molecule has 0 aromatic heterocycles. The van der Waals surface area contributed by atoms with E-state index in [9.17, 15) is 24.0 Å². The van der Waals surface area contributed by atoms with Crippen LogP contribution in [0.15, 0.2) is 78.9 Å². The van der Waals surface area contributed by atoms with Crippen LogP contribution in [0.4, 0.5) is 0 Å². The molecule has 0 fully saturated rings. The van der Waals surface area contributed by atoms with E-state index in [4.69, 9.17) is 15.3 Å². The Kier molecular flexibility index (Phi) is 8.93. The van der Waals surface area contributed by atoms with Gasteiger partial charge in [0.1, 0.15) is 0 Å². The molecule has 0 spiro atoms. The van der Waals surface area contributed by atoms with Gasteiger partial charge in [-0.15, -0.1) is 0 Å². The van der Waals surface area contributed by atoms with Gasteiger partial charge in [-0.1, -0.05) is 24.3 Å². The Hall–Kier alpha value is -4.33. The highest BCUT2D eigenvalue weighted by Gasteiger charge is 2.06. The molecule has 0 atom stereocenters. The van der Waals surface area contributed by atoms with E-state index in [1.54, 1.807) is 30.3 Å². The first-order valence-electron chi connectivity index (χ1n) is 7.99. The number of aromatic carboxylic acids is 3. The van der Waals surface area contributed by atoms with E-state index in [2.05, 4.69) is 0 Å². The number of hydrogen-bond acceptors (Lipinski definition) is 5. The number of ketones is 2. The average Bonchev–Trinajstić information content (AvgIpc) is 2.72. The van der Waals surface area contributed by atoms with Gasteiger partial charge in [0.15, 0.2) is 11.6 Å². The highest BCUT2D eigenvalue weighted by molar-refractivity contribution is 6.14. The average molecular weight is 396 g/mol. The summed E-state index contributed by atoms with van der Waals surface area (Å²) in [5, 5.41) is 25.4. The van der Waals surface area contributed by atoms with Crippen LogP contribution in [0.3, 0.4) is 0 Å². The Morgan fingerprint density at radius 1 is 0.517 bits per heavy atom. The summed E-state index contributed by atoms with van der Waals surface area (Å²) in [4.78, 5) is 51.5. The Balaban J connectivity index is 0.000000223. The third-order valence-electron chi connectivity index (χ3n) is 3.20. The summed E-state index contributed by atoms with van der Waals surface area (Å²) in [6, 6.07) is 13.5. The number of carboxylic acids is 3. The fraction of sp³-hybridized carbons (Fsp3) is 0. The van der Waals surface area contributed by atoms with E-state index in [-0.39, 0.29) is 22.7 Å². The number of allylic oxidation sites excluding steroid dienone is 4. The molecule has 2 aromatic rings. The van der Waals surface area contributed by atoms with Crippen molar-refractivity contribution in [2.24, 2.45) is 0 Å². The molecule has 3 rings (SSSR count). The Morgan fingerprint density at radius 2 is 0.862 bits per heavy atom. The highest BCUT2D eigenvalue weighted by Crippen LogP contribution is 2.04. The lowest BCUT2D eigenvalue weighted by Crippen LogP contribution is -2.01. The molecule has 1 aliphatic rings. The first-order chi connectivity index (χ1) is 13.7. The second-order valence-electron chi connectivity index (χ2n) is 5.33. The first-order valence-corrected chi connectivity index (χ1v) is 7.99. The molecule has 2 aromatic carbocycles. The minimum absolute atomic E-state index is 0.0186. The highest BCUT2D eigenvalue weighted by atomic mass is 16.4. The molecule has 0 unspecified atom stereocenters. The van der Waals surface area contributed by atoms with Crippen molar-refractivity contribution >= 4 is 29.5 Å². The predicted octanol–water partition coefficient (Wildman–Crippen LogP) is 2.72. The SMILES string of the molecule is O=C(O)c1cccc(C(=O)O)c1.O=C(O)c1ccccc1.O=C1C=CC(=O)C=C1. The Morgan fingerprint density at radius 3 is 1.17 bits per heavy atom. The zero-order chi connectivity index (χ0) is 21.8. The normalized spacial score (nSPS) is 11.4. The van der Waals surface area contributed by atoms with Crippen LogP contribution in [-0.2, 0) is 9.59 Å². The molecule has 0 heterocycles. The molecule has 0 radical (unpaired) electrons. The fourth-order valence-electron chi connectivity index (χ4n) is 1.81. The predicted molar refractivity (Wildman–Crippen MR) is 102 cm³/mol. The Labute approximate surface area is 165 Å². The molecular weight excluding hydrogens is 380 g/mol. The summed E-state index contributed by atoms with van der Waals surface area (Å²) in [5.41, 5.74) is 0.294. The van der Waals surface area contributed by atoms with Gasteiger partial charge in [0.05, 0.1) is 16.7 Å². The summed E-state index contributed by atoms with van der Waals surface area (Å²) in [6.45, 7) is 0.